The number of fused-ring (bicyclic) bond motifs is 1. The van der Waals surface area contributed by atoms with Gasteiger partial charge in [-0.25, -0.2) is 4.79 Å². The number of nitrogens with zero attached hydrogens (tertiary/aromatic N) is 1. The third-order valence-electron chi connectivity index (χ3n) is 2.69. The van der Waals surface area contributed by atoms with Gasteiger partial charge >= 0.3 is 5.97 Å². The quantitative estimate of drug-likeness (QED) is 0.847. The number of hydrogen-bond acceptors (Lipinski definition) is 5. The second-order valence-electron chi connectivity index (χ2n) is 4.45. The van der Waals surface area contributed by atoms with Crippen LogP contribution in [0.3, 0.4) is 0 Å². The Bertz CT molecular complexity index is 582. The summed E-state index contributed by atoms with van der Waals surface area (Å²) >= 11 is 1.80. The van der Waals surface area contributed by atoms with Gasteiger partial charge < -0.3 is 14.8 Å². The van der Waals surface area contributed by atoms with Crippen LogP contribution in [0.2, 0.25) is 0 Å². The van der Waals surface area contributed by atoms with Crippen molar-refractivity contribution in [1.29, 1.82) is 0 Å². The van der Waals surface area contributed by atoms with Crippen LogP contribution in [0.1, 0.15) is 17.3 Å². The predicted molar refractivity (Wildman–Crippen MR) is 77.0 cm³/mol. The molecule has 0 amide bonds. The maximum absolute atomic E-state index is 10.9. The molecule has 5 nitrogen and oxygen atoms in total. The first-order valence-electron chi connectivity index (χ1n) is 5.97. The number of benzene rings is 1. The molecule has 0 saturated carbocycles. The van der Waals surface area contributed by atoms with E-state index in [-0.39, 0.29) is 5.56 Å². The number of nitrogens with one attached hydrogen (secondary N) is 1. The van der Waals surface area contributed by atoms with Crippen molar-refractivity contribution in [2.45, 2.75) is 6.92 Å². The molecule has 0 aliphatic carbocycles. The molecule has 2 rings (SSSR count). The summed E-state index contributed by atoms with van der Waals surface area (Å²) in [4.78, 5) is 15.1. The Balaban J connectivity index is 2.11. The number of anilines is 1. The van der Waals surface area contributed by atoms with Crippen LogP contribution in [0.5, 0.6) is 0 Å². The molecular formula is C13H16N2O3S. The number of aromatic nitrogens is 1. The first-order valence-corrected chi connectivity index (χ1v) is 7.36. The highest BCUT2D eigenvalue weighted by Crippen LogP contribution is 2.20. The SMILES string of the molecule is CSCC(C)CNc1nc2ccc(C(=O)O)cc2o1. The van der Waals surface area contributed by atoms with E-state index >= 15 is 0 Å². The molecule has 6 heteroatoms. The summed E-state index contributed by atoms with van der Waals surface area (Å²) in [6.45, 7) is 2.92. The third-order valence-corrected chi connectivity index (χ3v) is 3.59. The average molecular weight is 280 g/mol. The minimum absolute atomic E-state index is 0.200. The van der Waals surface area contributed by atoms with Gasteiger partial charge in [0.05, 0.1) is 5.56 Å². The molecule has 19 heavy (non-hydrogen) atoms. The van der Waals surface area contributed by atoms with Crippen molar-refractivity contribution in [3.05, 3.63) is 23.8 Å². The Morgan fingerprint density at radius 2 is 2.37 bits per heavy atom. The molecule has 1 atom stereocenters. The van der Waals surface area contributed by atoms with Gasteiger partial charge in [-0.2, -0.15) is 16.7 Å². The number of carbonyl (C=O) groups is 1. The van der Waals surface area contributed by atoms with Gasteiger partial charge in [-0.05, 0) is 36.1 Å². The maximum Gasteiger partial charge on any atom is 0.335 e. The van der Waals surface area contributed by atoms with Crippen LogP contribution in [0, 0.1) is 5.92 Å². The van der Waals surface area contributed by atoms with Crippen molar-refractivity contribution in [3.8, 4) is 0 Å². The molecular weight excluding hydrogens is 264 g/mol. The Morgan fingerprint density at radius 1 is 1.58 bits per heavy atom. The van der Waals surface area contributed by atoms with E-state index in [1.54, 1.807) is 17.8 Å². The van der Waals surface area contributed by atoms with Gasteiger partial charge in [0, 0.05) is 6.54 Å². The first-order chi connectivity index (χ1) is 9.10. The van der Waals surface area contributed by atoms with Gasteiger partial charge in [0.25, 0.3) is 6.01 Å². The molecule has 0 spiro atoms. The van der Waals surface area contributed by atoms with Crippen LogP contribution in [0.15, 0.2) is 22.6 Å². The van der Waals surface area contributed by atoms with E-state index in [0.717, 1.165) is 12.3 Å². The number of thioether (sulfide) groups is 1. The third kappa shape index (κ3) is 3.41. The molecule has 0 bridgehead atoms. The minimum atomic E-state index is -0.971. The zero-order valence-electron chi connectivity index (χ0n) is 10.8. The van der Waals surface area contributed by atoms with E-state index in [9.17, 15) is 4.79 Å². The highest BCUT2D eigenvalue weighted by molar-refractivity contribution is 7.98. The summed E-state index contributed by atoms with van der Waals surface area (Å²) in [5.41, 5.74) is 1.34. The molecule has 2 aromatic rings. The lowest BCUT2D eigenvalue weighted by atomic mass is 10.2. The number of rotatable bonds is 6. The lowest BCUT2D eigenvalue weighted by Crippen LogP contribution is -2.13. The summed E-state index contributed by atoms with van der Waals surface area (Å²) in [6.07, 6.45) is 2.07. The van der Waals surface area contributed by atoms with Gasteiger partial charge in [0.2, 0.25) is 0 Å². The number of carboxylic acid groups (broad SMARTS) is 1. The highest BCUT2D eigenvalue weighted by Gasteiger charge is 2.10. The van der Waals surface area contributed by atoms with E-state index in [4.69, 9.17) is 9.52 Å². The van der Waals surface area contributed by atoms with Gasteiger partial charge in [0.1, 0.15) is 5.52 Å². The lowest BCUT2D eigenvalue weighted by molar-refractivity contribution is 0.0697. The molecule has 102 valence electrons. The van der Waals surface area contributed by atoms with Crippen LogP contribution >= 0.6 is 11.8 Å². The number of carboxylic acids is 1. The standard InChI is InChI=1S/C13H16N2O3S/c1-8(7-19-2)6-14-13-15-10-4-3-9(12(16)17)5-11(10)18-13/h3-5,8H,6-7H2,1-2H3,(H,14,15)(H,16,17). The molecule has 1 aromatic carbocycles. The highest BCUT2D eigenvalue weighted by atomic mass is 32.2. The van der Waals surface area contributed by atoms with Crippen molar-refractivity contribution in [2.75, 3.05) is 23.9 Å². The van der Waals surface area contributed by atoms with Crippen molar-refractivity contribution in [2.24, 2.45) is 5.92 Å². The summed E-state index contributed by atoms with van der Waals surface area (Å²) in [6, 6.07) is 5.10. The number of oxazole rings is 1. The molecule has 0 saturated heterocycles. The Morgan fingerprint density at radius 3 is 3.05 bits per heavy atom. The maximum atomic E-state index is 10.9. The summed E-state index contributed by atoms with van der Waals surface area (Å²) in [7, 11) is 0. The Labute approximate surface area is 115 Å². The zero-order chi connectivity index (χ0) is 13.8. The van der Waals surface area contributed by atoms with Crippen molar-refractivity contribution in [1.82, 2.24) is 4.98 Å². The van der Waals surface area contributed by atoms with Gasteiger partial charge in [-0.3, -0.25) is 0 Å². The molecule has 0 aliphatic heterocycles. The van der Waals surface area contributed by atoms with Gasteiger partial charge in [-0.1, -0.05) is 6.92 Å². The average Bonchev–Trinajstić information content (AvgIpc) is 2.78. The zero-order valence-corrected chi connectivity index (χ0v) is 11.7. The lowest BCUT2D eigenvalue weighted by Gasteiger charge is -2.08. The van der Waals surface area contributed by atoms with Crippen molar-refractivity contribution < 1.29 is 14.3 Å². The minimum Gasteiger partial charge on any atom is -0.478 e. The topological polar surface area (TPSA) is 75.4 Å². The first kappa shape index (κ1) is 13.7. The van der Waals surface area contributed by atoms with Gasteiger partial charge in [-0.15, -0.1) is 0 Å². The summed E-state index contributed by atoms with van der Waals surface area (Å²) < 4.78 is 5.50. The van der Waals surface area contributed by atoms with Crippen molar-refractivity contribution in [3.63, 3.8) is 0 Å². The van der Waals surface area contributed by atoms with Crippen LogP contribution < -0.4 is 5.32 Å². The molecule has 1 aromatic heterocycles. The molecule has 0 aliphatic rings. The fourth-order valence-electron chi connectivity index (χ4n) is 1.74. The normalized spacial score (nSPS) is 12.5. The van der Waals surface area contributed by atoms with E-state index in [1.807, 2.05) is 0 Å². The molecule has 1 heterocycles. The smallest absolute Gasteiger partial charge is 0.335 e. The molecule has 1 unspecified atom stereocenters. The monoisotopic (exact) mass is 280 g/mol. The largest absolute Gasteiger partial charge is 0.478 e. The van der Waals surface area contributed by atoms with E-state index in [1.165, 1.54) is 12.1 Å². The Kier molecular flexibility index (Phi) is 4.31. The second-order valence-corrected chi connectivity index (χ2v) is 5.36. The fourth-order valence-corrected chi connectivity index (χ4v) is 2.43. The van der Waals surface area contributed by atoms with Crippen LogP contribution in [-0.2, 0) is 0 Å². The summed E-state index contributed by atoms with van der Waals surface area (Å²) in [5.74, 6) is 0.608. The number of hydrogen-bond donors (Lipinski definition) is 2. The molecule has 0 fully saturated rings. The van der Waals surface area contributed by atoms with Crippen LogP contribution in [0.4, 0.5) is 6.01 Å². The van der Waals surface area contributed by atoms with E-state index < -0.39 is 5.97 Å². The van der Waals surface area contributed by atoms with E-state index in [2.05, 4.69) is 23.5 Å². The van der Waals surface area contributed by atoms with E-state index in [0.29, 0.717) is 23.0 Å². The summed E-state index contributed by atoms with van der Waals surface area (Å²) in [5, 5.41) is 12.0. The van der Waals surface area contributed by atoms with Crippen molar-refractivity contribution >= 4 is 34.8 Å². The van der Waals surface area contributed by atoms with Crippen LogP contribution in [-0.4, -0.2) is 34.6 Å². The number of aromatic carboxylic acids is 1. The predicted octanol–water partition coefficient (Wildman–Crippen LogP) is 2.94. The van der Waals surface area contributed by atoms with Gasteiger partial charge in [0.15, 0.2) is 5.58 Å². The Hall–Kier alpha value is -1.69. The molecule has 0 radical (unpaired) electrons. The fraction of sp³-hybridized carbons (Fsp3) is 0.385. The molecule has 2 N–H and O–H groups in total. The second kappa shape index (κ2) is 5.97. The van der Waals surface area contributed by atoms with Crippen LogP contribution in [0.25, 0.3) is 11.1 Å².